The highest BCUT2D eigenvalue weighted by molar-refractivity contribution is 6.42. The van der Waals surface area contributed by atoms with E-state index in [9.17, 15) is 9.59 Å². The highest BCUT2D eigenvalue weighted by Gasteiger charge is 2.24. The van der Waals surface area contributed by atoms with Crippen molar-refractivity contribution in [1.82, 2.24) is 5.32 Å². The first-order chi connectivity index (χ1) is 10.7. The number of carbonyl (C=O) groups excluding carboxylic acids is 1. The summed E-state index contributed by atoms with van der Waals surface area (Å²) < 4.78 is 10.1. The molecule has 0 aliphatic rings. The van der Waals surface area contributed by atoms with Gasteiger partial charge in [0.05, 0.1) is 22.0 Å². The van der Waals surface area contributed by atoms with Crippen LogP contribution in [0.3, 0.4) is 0 Å². The minimum atomic E-state index is -0.928. The zero-order chi connectivity index (χ0) is 17.6. The van der Waals surface area contributed by atoms with Crippen LogP contribution in [0.5, 0.6) is 5.75 Å². The van der Waals surface area contributed by atoms with E-state index in [1.165, 1.54) is 19.2 Å². The SMILES string of the molecule is COCOc1cc(Cl)c(Cl)cc1C(=O)NCC(C)(C)CC(=O)O. The molecule has 0 aliphatic carbocycles. The lowest BCUT2D eigenvalue weighted by molar-refractivity contribution is -0.139. The van der Waals surface area contributed by atoms with Gasteiger partial charge in [-0.1, -0.05) is 37.0 Å². The molecule has 1 rings (SSSR count). The molecule has 0 unspecified atom stereocenters. The van der Waals surface area contributed by atoms with Crippen molar-refractivity contribution in [3.8, 4) is 5.75 Å². The zero-order valence-corrected chi connectivity index (χ0v) is 14.6. The number of ether oxygens (including phenoxy) is 2. The van der Waals surface area contributed by atoms with Gasteiger partial charge in [-0.05, 0) is 11.5 Å². The predicted octanol–water partition coefficient (Wildman–Crippen LogP) is 3.21. The Morgan fingerprint density at radius 2 is 1.87 bits per heavy atom. The van der Waals surface area contributed by atoms with Crippen LogP contribution >= 0.6 is 23.2 Å². The van der Waals surface area contributed by atoms with E-state index >= 15 is 0 Å². The van der Waals surface area contributed by atoms with Gasteiger partial charge in [0.2, 0.25) is 0 Å². The number of halogens is 2. The van der Waals surface area contributed by atoms with Gasteiger partial charge in [-0.3, -0.25) is 9.59 Å². The number of carbonyl (C=O) groups is 2. The monoisotopic (exact) mass is 363 g/mol. The maximum atomic E-state index is 12.3. The van der Waals surface area contributed by atoms with E-state index in [4.69, 9.17) is 37.8 Å². The van der Waals surface area contributed by atoms with Crippen molar-refractivity contribution in [3.63, 3.8) is 0 Å². The molecule has 1 aromatic rings. The zero-order valence-electron chi connectivity index (χ0n) is 13.1. The summed E-state index contributed by atoms with van der Waals surface area (Å²) in [6.07, 6.45) is -0.0678. The fourth-order valence-electron chi connectivity index (χ4n) is 1.83. The molecule has 0 bridgehead atoms. The van der Waals surface area contributed by atoms with Gasteiger partial charge in [0.25, 0.3) is 5.91 Å². The summed E-state index contributed by atoms with van der Waals surface area (Å²) in [7, 11) is 1.45. The number of hydrogen-bond acceptors (Lipinski definition) is 4. The van der Waals surface area contributed by atoms with E-state index < -0.39 is 17.3 Å². The van der Waals surface area contributed by atoms with E-state index in [0.717, 1.165) is 0 Å². The standard InChI is InChI=1S/C15H19Cl2NO5/c1-15(2,6-13(19)20)7-18-14(21)9-4-10(16)11(17)5-12(9)23-8-22-3/h4-5H,6-8H2,1-3H3,(H,18,21)(H,19,20). The van der Waals surface area contributed by atoms with Gasteiger partial charge >= 0.3 is 5.97 Å². The Morgan fingerprint density at radius 3 is 2.43 bits per heavy atom. The predicted molar refractivity (Wildman–Crippen MR) is 87.3 cm³/mol. The van der Waals surface area contributed by atoms with Crippen LogP contribution < -0.4 is 10.1 Å². The molecule has 1 aromatic carbocycles. The molecule has 0 aromatic heterocycles. The third-order valence-electron chi connectivity index (χ3n) is 2.96. The molecule has 0 saturated carbocycles. The quantitative estimate of drug-likeness (QED) is 0.692. The maximum absolute atomic E-state index is 12.3. The molecule has 0 saturated heterocycles. The fourth-order valence-corrected chi connectivity index (χ4v) is 2.15. The number of nitrogens with one attached hydrogen (secondary N) is 1. The Kier molecular flexibility index (Phi) is 7.12. The van der Waals surface area contributed by atoms with Crippen LogP contribution in [-0.4, -0.2) is 37.4 Å². The van der Waals surface area contributed by atoms with Gasteiger partial charge in [-0.25, -0.2) is 0 Å². The number of rotatable bonds is 8. The van der Waals surface area contributed by atoms with Crippen molar-refractivity contribution < 1.29 is 24.2 Å². The number of benzene rings is 1. The van der Waals surface area contributed by atoms with Crippen molar-refractivity contribution in [3.05, 3.63) is 27.7 Å². The Balaban J connectivity index is 2.89. The Labute approximate surface area is 144 Å². The summed E-state index contributed by atoms with van der Waals surface area (Å²) in [5, 5.41) is 12.0. The molecule has 0 aliphatic heterocycles. The van der Waals surface area contributed by atoms with E-state index in [-0.39, 0.29) is 41.1 Å². The minimum Gasteiger partial charge on any atom is -0.481 e. The van der Waals surface area contributed by atoms with Gasteiger partial charge in [-0.15, -0.1) is 0 Å². The highest BCUT2D eigenvalue weighted by atomic mass is 35.5. The Hall–Kier alpha value is -1.50. The largest absolute Gasteiger partial charge is 0.481 e. The molecule has 1 amide bonds. The number of carboxylic acid groups (broad SMARTS) is 1. The Bertz CT molecular complexity index is 589. The lowest BCUT2D eigenvalue weighted by Gasteiger charge is -2.23. The molecule has 0 fully saturated rings. The first-order valence-corrected chi connectivity index (χ1v) is 7.52. The Morgan fingerprint density at radius 1 is 1.26 bits per heavy atom. The average Bonchev–Trinajstić information content (AvgIpc) is 2.44. The molecule has 6 nitrogen and oxygen atoms in total. The molecule has 0 heterocycles. The van der Waals surface area contributed by atoms with Gasteiger partial charge in [0.15, 0.2) is 6.79 Å². The molecule has 0 radical (unpaired) electrons. The molecule has 0 spiro atoms. The van der Waals surface area contributed by atoms with Crippen LogP contribution in [0.25, 0.3) is 0 Å². The number of hydrogen-bond donors (Lipinski definition) is 2. The van der Waals surface area contributed by atoms with Crippen molar-refractivity contribution in [2.45, 2.75) is 20.3 Å². The third kappa shape index (κ3) is 6.25. The molecule has 8 heteroatoms. The third-order valence-corrected chi connectivity index (χ3v) is 3.68. The van der Waals surface area contributed by atoms with Crippen molar-refractivity contribution in [1.29, 1.82) is 0 Å². The summed E-state index contributed by atoms with van der Waals surface area (Å²) in [4.78, 5) is 23.1. The average molecular weight is 364 g/mol. The summed E-state index contributed by atoms with van der Waals surface area (Å²) in [6, 6.07) is 2.83. The summed E-state index contributed by atoms with van der Waals surface area (Å²) in [6.45, 7) is 3.63. The molecule has 0 atom stereocenters. The van der Waals surface area contributed by atoms with Crippen molar-refractivity contribution in [2.75, 3.05) is 20.4 Å². The van der Waals surface area contributed by atoms with Crippen LogP contribution in [0, 0.1) is 5.41 Å². The smallest absolute Gasteiger partial charge is 0.303 e. The van der Waals surface area contributed by atoms with Gasteiger partial charge in [0.1, 0.15) is 5.75 Å². The van der Waals surface area contributed by atoms with Crippen LogP contribution in [0.2, 0.25) is 10.0 Å². The highest BCUT2D eigenvalue weighted by Crippen LogP contribution is 2.31. The molecule has 128 valence electrons. The summed E-state index contributed by atoms with van der Waals surface area (Å²) in [5.74, 6) is -1.13. The van der Waals surface area contributed by atoms with Crippen LogP contribution in [0.1, 0.15) is 30.6 Å². The van der Waals surface area contributed by atoms with E-state index in [1.807, 2.05) is 0 Å². The van der Waals surface area contributed by atoms with Crippen molar-refractivity contribution in [2.24, 2.45) is 5.41 Å². The molecule has 2 N–H and O–H groups in total. The van der Waals surface area contributed by atoms with Crippen LogP contribution in [0.4, 0.5) is 0 Å². The van der Waals surface area contributed by atoms with Crippen molar-refractivity contribution >= 4 is 35.1 Å². The fraction of sp³-hybridized carbons (Fsp3) is 0.467. The van der Waals surface area contributed by atoms with E-state index in [1.54, 1.807) is 13.8 Å². The van der Waals surface area contributed by atoms with Crippen LogP contribution in [-0.2, 0) is 9.53 Å². The first kappa shape index (κ1) is 19.5. The summed E-state index contributed by atoms with van der Waals surface area (Å²) >= 11 is 11.9. The second-order valence-electron chi connectivity index (χ2n) is 5.73. The lowest BCUT2D eigenvalue weighted by atomic mass is 9.89. The first-order valence-electron chi connectivity index (χ1n) is 6.77. The van der Waals surface area contributed by atoms with Gasteiger partial charge in [-0.2, -0.15) is 0 Å². The van der Waals surface area contributed by atoms with E-state index in [0.29, 0.717) is 0 Å². The summed E-state index contributed by atoms with van der Waals surface area (Å²) in [5.41, 5.74) is -0.395. The maximum Gasteiger partial charge on any atom is 0.303 e. The second kappa shape index (κ2) is 8.38. The number of carboxylic acids is 1. The van der Waals surface area contributed by atoms with E-state index in [2.05, 4.69) is 5.32 Å². The molecule has 23 heavy (non-hydrogen) atoms. The van der Waals surface area contributed by atoms with Crippen LogP contribution in [0.15, 0.2) is 12.1 Å². The number of aliphatic carboxylic acids is 1. The molecular formula is C15H19Cl2NO5. The number of amides is 1. The van der Waals surface area contributed by atoms with Gasteiger partial charge in [0, 0.05) is 19.7 Å². The minimum absolute atomic E-state index is 0.0528. The lowest BCUT2D eigenvalue weighted by Crippen LogP contribution is -2.35. The van der Waals surface area contributed by atoms with Gasteiger partial charge < -0.3 is 19.9 Å². The topological polar surface area (TPSA) is 84.9 Å². The second-order valence-corrected chi connectivity index (χ2v) is 6.55. The normalized spacial score (nSPS) is 11.2. The molecular weight excluding hydrogens is 345 g/mol. The number of methoxy groups -OCH3 is 1.